The van der Waals surface area contributed by atoms with Crippen molar-refractivity contribution < 1.29 is 8.78 Å². The van der Waals surface area contributed by atoms with E-state index in [-0.39, 0.29) is 0 Å². The first-order valence-corrected chi connectivity index (χ1v) is 12.4. The SMILES string of the molecule is CCCCC=CCC1CCC(CCC2CC=C(c3ccc(C)c(F)c3F)CC2)CC1. The number of hydrogen-bond acceptors (Lipinski definition) is 0. The number of benzene rings is 1. The topological polar surface area (TPSA) is 0 Å². The van der Waals surface area contributed by atoms with Gasteiger partial charge in [-0.25, -0.2) is 8.78 Å². The van der Waals surface area contributed by atoms with Crippen LogP contribution >= 0.6 is 0 Å². The van der Waals surface area contributed by atoms with Crippen LogP contribution in [0.15, 0.2) is 30.4 Å². The van der Waals surface area contributed by atoms with Crippen LogP contribution in [0.1, 0.15) is 102 Å². The molecule has 2 aliphatic rings. The van der Waals surface area contributed by atoms with E-state index in [0.717, 1.165) is 36.7 Å². The molecular formula is C28H40F2. The lowest BCUT2D eigenvalue weighted by Crippen LogP contribution is -2.16. The molecular weight excluding hydrogens is 374 g/mol. The number of hydrogen-bond donors (Lipinski definition) is 0. The molecule has 0 heterocycles. The van der Waals surface area contributed by atoms with Crippen molar-refractivity contribution in [2.45, 2.75) is 97.3 Å². The molecule has 0 saturated heterocycles. The van der Waals surface area contributed by atoms with Crippen molar-refractivity contribution in [3.05, 3.63) is 53.1 Å². The van der Waals surface area contributed by atoms with Crippen LogP contribution in [0.3, 0.4) is 0 Å². The highest BCUT2D eigenvalue weighted by molar-refractivity contribution is 5.67. The van der Waals surface area contributed by atoms with Gasteiger partial charge in [0.25, 0.3) is 0 Å². The van der Waals surface area contributed by atoms with E-state index in [2.05, 4.69) is 25.2 Å². The van der Waals surface area contributed by atoms with E-state index in [9.17, 15) is 8.78 Å². The normalized spacial score (nSPS) is 24.9. The second-order valence-electron chi connectivity index (χ2n) is 9.74. The van der Waals surface area contributed by atoms with E-state index in [1.54, 1.807) is 19.1 Å². The van der Waals surface area contributed by atoms with Gasteiger partial charge in [0.2, 0.25) is 0 Å². The summed E-state index contributed by atoms with van der Waals surface area (Å²) in [6.45, 7) is 3.87. The molecule has 166 valence electrons. The number of allylic oxidation sites excluding steroid dienone is 4. The highest BCUT2D eigenvalue weighted by Crippen LogP contribution is 2.38. The summed E-state index contributed by atoms with van der Waals surface area (Å²) in [4.78, 5) is 0. The van der Waals surface area contributed by atoms with Crippen molar-refractivity contribution in [2.75, 3.05) is 0 Å². The van der Waals surface area contributed by atoms with Crippen molar-refractivity contribution >= 4 is 5.57 Å². The predicted molar refractivity (Wildman–Crippen MR) is 124 cm³/mol. The third-order valence-electron chi connectivity index (χ3n) is 7.45. The van der Waals surface area contributed by atoms with Gasteiger partial charge in [-0.3, -0.25) is 0 Å². The number of halogens is 2. The lowest BCUT2D eigenvalue weighted by atomic mass is 9.76. The van der Waals surface area contributed by atoms with Crippen molar-refractivity contribution in [1.29, 1.82) is 0 Å². The van der Waals surface area contributed by atoms with Crippen molar-refractivity contribution in [3.63, 3.8) is 0 Å². The maximum Gasteiger partial charge on any atom is 0.166 e. The van der Waals surface area contributed by atoms with E-state index in [4.69, 9.17) is 0 Å². The van der Waals surface area contributed by atoms with E-state index < -0.39 is 11.6 Å². The number of rotatable bonds is 9. The molecule has 0 radical (unpaired) electrons. The minimum absolute atomic E-state index is 0.382. The maximum atomic E-state index is 14.3. The minimum Gasteiger partial charge on any atom is -0.203 e. The van der Waals surface area contributed by atoms with Crippen molar-refractivity contribution in [1.82, 2.24) is 0 Å². The minimum atomic E-state index is -0.692. The number of unbranched alkanes of at least 4 members (excludes halogenated alkanes) is 2. The molecule has 0 aliphatic heterocycles. The summed E-state index contributed by atoms with van der Waals surface area (Å²) < 4.78 is 28.2. The van der Waals surface area contributed by atoms with Crippen LogP contribution in [-0.4, -0.2) is 0 Å². The van der Waals surface area contributed by atoms with Crippen LogP contribution in [0.4, 0.5) is 8.78 Å². The summed E-state index contributed by atoms with van der Waals surface area (Å²) in [6.07, 6.45) is 23.3. The predicted octanol–water partition coefficient (Wildman–Crippen LogP) is 9.18. The summed E-state index contributed by atoms with van der Waals surface area (Å²) in [7, 11) is 0. The molecule has 0 bridgehead atoms. The lowest BCUT2D eigenvalue weighted by Gasteiger charge is -2.30. The summed E-state index contributed by atoms with van der Waals surface area (Å²) in [5.74, 6) is 1.16. The fraction of sp³-hybridized carbons (Fsp3) is 0.643. The Hall–Kier alpha value is -1.44. The van der Waals surface area contributed by atoms with Crippen molar-refractivity contribution in [2.24, 2.45) is 17.8 Å². The van der Waals surface area contributed by atoms with Crippen LogP contribution in [0.25, 0.3) is 5.57 Å². The summed E-state index contributed by atoms with van der Waals surface area (Å²) in [5.41, 5.74) is 1.85. The Labute approximate surface area is 182 Å². The molecule has 30 heavy (non-hydrogen) atoms. The maximum absolute atomic E-state index is 14.3. The van der Waals surface area contributed by atoms with Gasteiger partial charge in [-0.1, -0.05) is 69.4 Å². The fourth-order valence-corrected chi connectivity index (χ4v) is 5.25. The second kappa shape index (κ2) is 11.8. The van der Waals surface area contributed by atoms with Gasteiger partial charge in [0.15, 0.2) is 11.6 Å². The monoisotopic (exact) mass is 414 g/mol. The average molecular weight is 415 g/mol. The van der Waals surface area contributed by atoms with Gasteiger partial charge in [-0.2, -0.15) is 0 Å². The van der Waals surface area contributed by atoms with E-state index in [1.165, 1.54) is 64.2 Å². The Morgan fingerprint density at radius 3 is 2.33 bits per heavy atom. The Morgan fingerprint density at radius 2 is 1.63 bits per heavy atom. The second-order valence-corrected chi connectivity index (χ2v) is 9.74. The van der Waals surface area contributed by atoms with Crippen molar-refractivity contribution in [3.8, 4) is 0 Å². The van der Waals surface area contributed by atoms with Gasteiger partial charge >= 0.3 is 0 Å². The standard InChI is InChI=1S/C28H40F2/c1-3-4-5-6-7-8-22-10-12-23(13-11-22)14-15-24-16-18-25(19-17-24)26-20-9-21(2)27(29)28(26)30/h6-7,9,18,20,22-24H,3-5,8,10-17,19H2,1-2H3. The van der Waals surface area contributed by atoms with E-state index in [1.807, 2.05) is 0 Å². The first-order valence-electron chi connectivity index (χ1n) is 12.4. The van der Waals surface area contributed by atoms with Crippen LogP contribution in [0, 0.1) is 36.3 Å². The number of aryl methyl sites for hydroxylation is 1. The van der Waals surface area contributed by atoms with Gasteiger partial charge < -0.3 is 0 Å². The molecule has 3 rings (SSSR count). The third-order valence-corrected chi connectivity index (χ3v) is 7.45. The Morgan fingerprint density at radius 1 is 0.900 bits per heavy atom. The molecule has 1 aromatic carbocycles. The molecule has 1 atom stereocenters. The average Bonchev–Trinajstić information content (AvgIpc) is 2.77. The van der Waals surface area contributed by atoms with Crippen LogP contribution < -0.4 is 0 Å². The van der Waals surface area contributed by atoms with Crippen LogP contribution in [0.5, 0.6) is 0 Å². The zero-order valence-corrected chi connectivity index (χ0v) is 19.1. The molecule has 1 unspecified atom stereocenters. The molecule has 0 amide bonds. The molecule has 2 heteroatoms. The molecule has 1 aromatic rings. The zero-order chi connectivity index (χ0) is 21.3. The molecule has 0 N–H and O–H groups in total. The van der Waals surface area contributed by atoms with Crippen LogP contribution in [0.2, 0.25) is 0 Å². The fourth-order valence-electron chi connectivity index (χ4n) is 5.25. The highest BCUT2D eigenvalue weighted by atomic mass is 19.2. The molecule has 0 spiro atoms. The van der Waals surface area contributed by atoms with Gasteiger partial charge in [0, 0.05) is 5.56 Å². The zero-order valence-electron chi connectivity index (χ0n) is 19.1. The summed E-state index contributed by atoms with van der Waals surface area (Å²) in [5, 5.41) is 0. The Balaban J connectivity index is 1.37. The molecule has 0 aromatic heterocycles. The Bertz CT molecular complexity index is 722. The quantitative estimate of drug-likeness (QED) is 0.279. The summed E-state index contributed by atoms with van der Waals surface area (Å²) >= 11 is 0. The third kappa shape index (κ3) is 6.53. The Kier molecular flexibility index (Phi) is 9.15. The first-order chi connectivity index (χ1) is 14.6. The van der Waals surface area contributed by atoms with Crippen LogP contribution in [-0.2, 0) is 0 Å². The molecule has 1 saturated carbocycles. The first kappa shape index (κ1) is 23.2. The van der Waals surface area contributed by atoms with Gasteiger partial charge in [-0.05, 0) is 87.2 Å². The largest absolute Gasteiger partial charge is 0.203 e. The molecule has 1 fully saturated rings. The molecule has 0 nitrogen and oxygen atoms in total. The summed E-state index contributed by atoms with van der Waals surface area (Å²) in [6, 6.07) is 3.44. The highest BCUT2D eigenvalue weighted by Gasteiger charge is 2.23. The van der Waals surface area contributed by atoms with Gasteiger partial charge in [0.05, 0.1) is 0 Å². The molecule has 2 aliphatic carbocycles. The van der Waals surface area contributed by atoms with E-state index in [0.29, 0.717) is 17.0 Å². The smallest absolute Gasteiger partial charge is 0.166 e. The lowest BCUT2D eigenvalue weighted by molar-refractivity contribution is 0.247. The van der Waals surface area contributed by atoms with Gasteiger partial charge in [-0.15, -0.1) is 0 Å². The van der Waals surface area contributed by atoms with Gasteiger partial charge in [0.1, 0.15) is 0 Å². The van der Waals surface area contributed by atoms with E-state index >= 15 is 0 Å².